The van der Waals surface area contributed by atoms with Crippen molar-refractivity contribution < 1.29 is 14.3 Å². The molecular weight excluding hydrogens is 254 g/mol. The second-order valence-corrected chi connectivity index (χ2v) is 5.28. The fourth-order valence-electron chi connectivity index (χ4n) is 2.18. The molecule has 1 saturated heterocycles. The van der Waals surface area contributed by atoms with Crippen LogP contribution < -0.4 is 10.1 Å². The van der Waals surface area contributed by atoms with E-state index in [-0.39, 0.29) is 5.91 Å². The summed E-state index contributed by atoms with van der Waals surface area (Å²) in [6.07, 6.45) is 1.56. The largest absolute Gasteiger partial charge is 0.493 e. The van der Waals surface area contributed by atoms with Gasteiger partial charge >= 0.3 is 0 Å². The van der Waals surface area contributed by atoms with Crippen LogP contribution in [-0.4, -0.2) is 25.7 Å². The second kappa shape index (κ2) is 7.29. The number of carbonyl (C=O) groups excluding carboxylic acids is 1. The van der Waals surface area contributed by atoms with E-state index >= 15 is 0 Å². The molecule has 4 nitrogen and oxygen atoms in total. The van der Waals surface area contributed by atoms with Crippen LogP contribution in [0, 0.1) is 12.8 Å². The summed E-state index contributed by atoms with van der Waals surface area (Å²) >= 11 is 0. The minimum Gasteiger partial charge on any atom is -0.493 e. The molecule has 1 aromatic rings. The molecule has 0 spiro atoms. The molecule has 0 bridgehead atoms. The van der Waals surface area contributed by atoms with Crippen LogP contribution in [0.5, 0.6) is 5.75 Å². The van der Waals surface area contributed by atoms with E-state index in [4.69, 9.17) is 9.47 Å². The topological polar surface area (TPSA) is 47.6 Å². The summed E-state index contributed by atoms with van der Waals surface area (Å²) in [5.74, 6) is 1.41. The van der Waals surface area contributed by atoms with Gasteiger partial charge in [0.05, 0.1) is 13.2 Å². The van der Waals surface area contributed by atoms with E-state index in [1.165, 1.54) is 0 Å². The monoisotopic (exact) mass is 277 g/mol. The summed E-state index contributed by atoms with van der Waals surface area (Å²) in [7, 11) is 0. The summed E-state index contributed by atoms with van der Waals surface area (Å²) in [5.41, 5.74) is 2.18. The molecule has 1 N–H and O–H groups in total. The number of rotatable bonds is 6. The first kappa shape index (κ1) is 14.9. The van der Waals surface area contributed by atoms with E-state index in [9.17, 15) is 4.79 Å². The zero-order chi connectivity index (χ0) is 14.4. The van der Waals surface area contributed by atoms with Gasteiger partial charge in [0.25, 0.3) is 0 Å². The van der Waals surface area contributed by atoms with Gasteiger partial charge in [0, 0.05) is 31.1 Å². The standard InChI is InChI=1S/C16H23NO3/c1-3-16(18)17-9-14-5-4-12(2)8-15(14)20-11-13-6-7-19-10-13/h4-5,8,13H,3,6-7,9-11H2,1-2H3,(H,17,18)/t13-/m1/s1. The maximum atomic E-state index is 11.4. The van der Waals surface area contributed by atoms with Crippen LogP contribution in [0.15, 0.2) is 18.2 Å². The predicted octanol–water partition coefficient (Wildman–Crippen LogP) is 2.44. The molecule has 1 heterocycles. The Labute approximate surface area is 120 Å². The summed E-state index contributed by atoms with van der Waals surface area (Å²) in [4.78, 5) is 11.4. The lowest BCUT2D eigenvalue weighted by Gasteiger charge is -2.15. The minimum atomic E-state index is 0.0562. The number of hydrogen-bond donors (Lipinski definition) is 1. The lowest BCUT2D eigenvalue weighted by Crippen LogP contribution is -2.22. The first-order valence-corrected chi connectivity index (χ1v) is 7.25. The third kappa shape index (κ3) is 4.23. The summed E-state index contributed by atoms with van der Waals surface area (Å²) in [6.45, 7) is 6.71. The molecule has 0 radical (unpaired) electrons. The third-order valence-corrected chi connectivity index (χ3v) is 3.52. The molecular formula is C16H23NO3. The van der Waals surface area contributed by atoms with E-state index in [1.54, 1.807) is 0 Å². The van der Waals surface area contributed by atoms with Crippen molar-refractivity contribution in [1.82, 2.24) is 5.32 Å². The van der Waals surface area contributed by atoms with Crippen molar-refractivity contribution in [3.8, 4) is 5.75 Å². The Kier molecular flexibility index (Phi) is 5.41. The van der Waals surface area contributed by atoms with E-state index in [0.717, 1.165) is 36.5 Å². The highest BCUT2D eigenvalue weighted by atomic mass is 16.5. The van der Waals surface area contributed by atoms with Gasteiger partial charge in [0.1, 0.15) is 5.75 Å². The lowest BCUT2D eigenvalue weighted by atomic mass is 10.1. The zero-order valence-corrected chi connectivity index (χ0v) is 12.3. The molecule has 20 heavy (non-hydrogen) atoms. The van der Waals surface area contributed by atoms with Gasteiger partial charge in [0.15, 0.2) is 0 Å². The van der Waals surface area contributed by atoms with Gasteiger partial charge in [-0.1, -0.05) is 19.1 Å². The average molecular weight is 277 g/mol. The van der Waals surface area contributed by atoms with E-state index < -0.39 is 0 Å². The smallest absolute Gasteiger partial charge is 0.219 e. The lowest BCUT2D eigenvalue weighted by molar-refractivity contribution is -0.120. The van der Waals surface area contributed by atoms with Crippen molar-refractivity contribution >= 4 is 5.91 Å². The van der Waals surface area contributed by atoms with Crippen LogP contribution in [0.25, 0.3) is 0 Å². The highest BCUT2D eigenvalue weighted by Gasteiger charge is 2.17. The van der Waals surface area contributed by atoms with Crippen molar-refractivity contribution in [2.24, 2.45) is 5.92 Å². The molecule has 0 unspecified atom stereocenters. The number of carbonyl (C=O) groups is 1. The fourth-order valence-corrected chi connectivity index (χ4v) is 2.18. The Morgan fingerprint density at radius 1 is 1.50 bits per heavy atom. The molecule has 1 aliphatic heterocycles. The normalized spacial score (nSPS) is 18.0. The van der Waals surface area contributed by atoms with Crippen LogP contribution >= 0.6 is 0 Å². The van der Waals surface area contributed by atoms with Gasteiger partial charge in [0.2, 0.25) is 5.91 Å². The van der Waals surface area contributed by atoms with Crippen molar-refractivity contribution in [3.63, 3.8) is 0 Å². The molecule has 1 aromatic carbocycles. The highest BCUT2D eigenvalue weighted by molar-refractivity contribution is 5.75. The zero-order valence-electron chi connectivity index (χ0n) is 12.3. The number of amides is 1. The Balaban J connectivity index is 1.97. The van der Waals surface area contributed by atoms with Crippen LogP contribution in [0.3, 0.4) is 0 Å². The van der Waals surface area contributed by atoms with E-state index in [0.29, 0.717) is 25.5 Å². The van der Waals surface area contributed by atoms with Crippen LogP contribution in [0.4, 0.5) is 0 Å². The Bertz CT molecular complexity index is 453. The molecule has 0 saturated carbocycles. The third-order valence-electron chi connectivity index (χ3n) is 3.52. The van der Waals surface area contributed by atoms with Crippen molar-refractivity contribution in [3.05, 3.63) is 29.3 Å². The van der Waals surface area contributed by atoms with Gasteiger partial charge in [-0.15, -0.1) is 0 Å². The summed E-state index contributed by atoms with van der Waals surface area (Å²) in [5, 5.41) is 2.89. The van der Waals surface area contributed by atoms with Crippen molar-refractivity contribution in [2.45, 2.75) is 33.2 Å². The highest BCUT2D eigenvalue weighted by Crippen LogP contribution is 2.22. The predicted molar refractivity (Wildman–Crippen MR) is 77.7 cm³/mol. The Hall–Kier alpha value is -1.55. The molecule has 1 atom stereocenters. The molecule has 2 rings (SSSR count). The van der Waals surface area contributed by atoms with Gasteiger partial charge in [-0.2, -0.15) is 0 Å². The molecule has 0 aliphatic carbocycles. The second-order valence-electron chi connectivity index (χ2n) is 5.28. The SMILES string of the molecule is CCC(=O)NCc1ccc(C)cc1OC[C@@H]1CCOC1. The summed E-state index contributed by atoms with van der Waals surface area (Å²) in [6, 6.07) is 6.09. The average Bonchev–Trinajstić information content (AvgIpc) is 2.97. The number of hydrogen-bond acceptors (Lipinski definition) is 3. The maximum absolute atomic E-state index is 11.4. The minimum absolute atomic E-state index is 0.0562. The number of aryl methyl sites for hydroxylation is 1. The van der Waals surface area contributed by atoms with Gasteiger partial charge in [-0.25, -0.2) is 0 Å². The van der Waals surface area contributed by atoms with Crippen LogP contribution in [0.1, 0.15) is 30.9 Å². The summed E-state index contributed by atoms with van der Waals surface area (Å²) < 4.78 is 11.3. The maximum Gasteiger partial charge on any atom is 0.219 e. The number of nitrogens with one attached hydrogen (secondary N) is 1. The quantitative estimate of drug-likeness (QED) is 0.868. The first-order chi connectivity index (χ1) is 9.69. The first-order valence-electron chi connectivity index (χ1n) is 7.25. The van der Waals surface area contributed by atoms with Crippen molar-refractivity contribution in [1.29, 1.82) is 0 Å². The molecule has 1 aliphatic rings. The number of benzene rings is 1. The number of ether oxygens (including phenoxy) is 2. The van der Waals surface area contributed by atoms with Gasteiger partial charge < -0.3 is 14.8 Å². The van der Waals surface area contributed by atoms with Gasteiger partial charge in [-0.05, 0) is 25.0 Å². The van der Waals surface area contributed by atoms with Crippen LogP contribution in [0.2, 0.25) is 0 Å². The molecule has 1 fully saturated rings. The van der Waals surface area contributed by atoms with Gasteiger partial charge in [-0.3, -0.25) is 4.79 Å². The molecule has 0 aromatic heterocycles. The van der Waals surface area contributed by atoms with Crippen molar-refractivity contribution in [2.75, 3.05) is 19.8 Å². The Morgan fingerprint density at radius 3 is 3.05 bits per heavy atom. The Morgan fingerprint density at radius 2 is 2.35 bits per heavy atom. The molecule has 4 heteroatoms. The molecule has 1 amide bonds. The van der Waals surface area contributed by atoms with E-state index in [1.807, 2.05) is 32.0 Å². The fraction of sp³-hybridized carbons (Fsp3) is 0.562. The molecule has 110 valence electrons. The van der Waals surface area contributed by atoms with E-state index in [2.05, 4.69) is 5.32 Å². The van der Waals surface area contributed by atoms with Crippen LogP contribution in [-0.2, 0) is 16.1 Å².